The van der Waals surface area contributed by atoms with Crippen LogP contribution in [0.1, 0.15) is 124 Å². The Balaban J connectivity index is 4.73. The Morgan fingerprint density at radius 3 is 1.88 bits per heavy atom. The van der Waals surface area contributed by atoms with E-state index < -0.39 is 25.5 Å². The molecule has 0 aromatic heterocycles. The lowest BCUT2D eigenvalue weighted by Gasteiger charge is -2.28. The molecule has 0 aliphatic heterocycles. The summed E-state index contributed by atoms with van der Waals surface area (Å²) < 4.78 is 23.1. The summed E-state index contributed by atoms with van der Waals surface area (Å²) in [5.74, 6) is -2.28. The average molecular weight is 511 g/mol. The second kappa shape index (κ2) is 21.2. The molecule has 0 heterocycles. The molecular weight excluding hydrogens is 459 g/mol. The van der Waals surface area contributed by atoms with Crippen LogP contribution in [-0.2, 0) is 18.6 Å². The quantitative estimate of drug-likeness (QED) is 0.100. The molecule has 198 valence electrons. The summed E-state index contributed by atoms with van der Waals surface area (Å²) in [6, 6.07) is 0. The van der Waals surface area contributed by atoms with E-state index in [1.807, 2.05) is 18.7 Å². The number of hydrogen-bond donors (Lipinski definition) is 2. The number of rotatable bonds is 24. The molecule has 0 saturated carbocycles. The first-order valence-electron chi connectivity index (χ1n) is 13.3. The van der Waals surface area contributed by atoms with Crippen molar-refractivity contribution in [2.75, 3.05) is 12.4 Å². The molecule has 4 atom stereocenters. The highest BCUT2D eigenvalue weighted by Crippen LogP contribution is 2.49. The summed E-state index contributed by atoms with van der Waals surface area (Å²) in [4.78, 5) is 21.8. The van der Waals surface area contributed by atoms with Crippen LogP contribution in [0.15, 0.2) is 0 Å². The number of unbranched alkanes of at least 4 members (excludes halogenated alkanes) is 11. The van der Waals surface area contributed by atoms with E-state index in [0.29, 0.717) is 6.42 Å². The molecule has 4 unspecified atom stereocenters. The van der Waals surface area contributed by atoms with Gasteiger partial charge in [0.2, 0.25) is 0 Å². The van der Waals surface area contributed by atoms with Crippen molar-refractivity contribution in [1.29, 1.82) is 0 Å². The SMILES string of the molecule is CCCCCCCCCCSC(CCCCCCC)C(C)OC(C(=O)O)P(=O)(O)OCCC. The highest BCUT2D eigenvalue weighted by atomic mass is 32.2. The molecule has 0 aromatic rings. The van der Waals surface area contributed by atoms with E-state index in [-0.39, 0.29) is 11.9 Å². The predicted molar refractivity (Wildman–Crippen MR) is 140 cm³/mol. The third kappa shape index (κ3) is 17.1. The Morgan fingerprint density at radius 2 is 1.36 bits per heavy atom. The smallest absolute Gasteiger partial charge is 0.368 e. The van der Waals surface area contributed by atoms with Gasteiger partial charge in [-0.25, -0.2) is 4.79 Å². The molecule has 0 radical (unpaired) electrons. The monoisotopic (exact) mass is 510 g/mol. The van der Waals surface area contributed by atoms with Crippen molar-refractivity contribution < 1.29 is 28.6 Å². The maximum atomic E-state index is 12.5. The van der Waals surface area contributed by atoms with Crippen LogP contribution < -0.4 is 0 Å². The van der Waals surface area contributed by atoms with Crippen LogP contribution in [0.2, 0.25) is 0 Å². The van der Waals surface area contributed by atoms with Gasteiger partial charge in [0, 0.05) is 5.25 Å². The average Bonchev–Trinajstić information content (AvgIpc) is 2.78. The number of carboxylic acids is 1. The fourth-order valence-electron chi connectivity index (χ4n) is 3.73. The normalized spacial score (nSPS) is 16.3. The molecule has 0 spiro atoms. The third-order valence-corrected chi connectivity index (χ3v) is 8.84. The molecule has 0 bridgehead atoms. The van der Waals surface area contributed by atoms with Crippen LogP contribution in [0.4, 0.5) is 0 Å². The molecule has 8 heteroatoms. The minimum Gasteiger partial charge on any atom is -0.479 e. The van der Waals surface area contributed by atoms with Crippen molar-refractivity contribution in [1.82, 2.24) is 0 Å². The molecule has 33 heavy (non-hydrogen) atoms. The summed E-state index contributed by atoms with van der Waals surface area (Å²) in [5, 5.41) is 9.62. The first kappa shape index (κ1) is 32.9. The van der Waals surface area contributed by atoms with Gasteiger partial charge < -0.3 is 19.3 Å². The number of hydrogen-bond acceptors (Lipinski definition) is 5. The van der Waals surface area contributed by atoms with E-state index in [2.05, 4.69) is 13.8 Å². The molecule has 0 saturated heterocycles. The van der Waals surface area contributed by atoms with Gasteiger partial charge in [-0.05, 0) is 31.9 Å². The lowest BCUT2D eigenvalue weighted by atomic mass is 10.1. The van der Waals surface area contributed by atoms with E-state index in [1.165, 1.54) is 64.2 Å². The van der Waals surface area contributed by atoms with Gasteiger partial charge >= 0.3 is 13.6 Å². The predicted octanol–water partition coefficient (Wildman–Crippen LogP) is 8.02. The highest BCUT2D eigenvalue weighted by Gasteiger charge is 2.42. The van der Waals surface area contributed by atoms with Gasteiger partial charge in [-0.1, -0.05) is 97.8 Å². The van der Waals surface area contributed by atoms with Crippen molar-refractivity contribution in [3.63, 3.8) is 0 Å². The van der Waals surface area contributed by atoms with Crippen LogP contribution in [0.25, 0.3) is 0 Å². The highest BCUT2D eigenvalue weighted by molar-refractivity contribution is 7.99. The van der Waals surface area contributed by atoms with Crippen molar-refractivity contribution in [2.24, 2.45) is 0 Å². The van der Waals surface area contributed by atoms with Gasteiger partial charge in [-0.3, -0.25) is 4.57 Å². The summed E-state index contributed by atoms with van der Waals surface area (Å²) >= 11 is 1.82. The van der Waals surface area contributed by atoms with Gasteiger partial charge in [0.05, 0.1) is 12.7 Å². The van der Waals surface area contributed by atoms with E-state index >= 15 is 0 Å². The molecule has 0 aromatic carbocycles. The molecule has 0 aliphatic carbocycles. The minimum atomic E-state index is -4.39. The first-order valence-corrected chi connectivity index (χ1v) is 16.0. The summed E-state index contributed by atoms with van der Waals surface area (Å²) in [6.45, 7) is 8.09. The Bertz CT molecular complexity index is 519. The second-order valence-corrected chi connectivity index (χ2v) is 12.2. The zero-order valence-electron chi connectivity index (χ0n) is 21.6. The fourth-order valence-corrected chi connectivity index (χ4v) is 6.28. The number of carboxylic acid groups (broad SMARTS) is 1. The van der Waals surface area contributed by atoms with Crippen LogP contribution in [0, 0.1) is 0 Å². The summed E-state index contributed by atoms with van der Waals surface area (Å²) in [7, 11) is -4.39. The molecule has 2 N–H and O–H groups in total. The Labute approximate surface area is 207 Å². The Morgan fingerprint density at radius 1 is 0.848 bits per heavy atom. The van der Waals surface area contributed by atoms with Gasteiger partial charge in [-0.15, -0.1) is 0 Å². The largest absolute Gasteiger partial charge is 0.479 e. The van der Waals surface area contributed by atoms with Gasteiger partial charge in [0.15, 0.2) is 0 Å². The van der Waals surface area contributed by atoms with Crippen molar-refractivity contribution in [2.45, 2.75) is 141 Å². The number of thioether (sulfide) groups is 1. The maximum Gasteiger partial charge on any atom is 0.368 e. The number of carbonyl (C=O) groups is 1. The number of aliphatic carboxylic acids is 1. The molecular formula is C25H51O6PS. The molecule has 0 aliphatic rings. The van der Waals surface area contributed by atoms with Crippen LogP contribution in [0.5, 0.6) is 0 Å². The zero-order valence-corrected chi connectivity index (χ0v) is 23.3. The third-order valence-electron chi connectivity index (χ3n) is 5.78. The first-order chi connectivity index (χ1) is 15.8. The molecule has 6 nitrogen and oxygen atoms in total. The van der Waals surface area contributed by atoms with Crippen molar-refractivity contribution in [3.05, 3.63) is 0 Å². The van der Waals surface area contributed by atoms with Crippen LogP contribution in [-0.4, -0.2) is 45.5 Å². The zero-order chi connectivity index (χ0) is 25.0. The second-order valence-electron chi connectivity index (χ2n) is 9.02. The van der Waals surface area contributed by atoms with Crippen molar-refractivity contribution >= 4 is 25.3 Å². The molecule has 0 fully saturated rings. The summed E-state index contributed by atoms with van der Waals surface area (Å²) in [5.41, 5.74) is 0. The summed E-state index contributed by atoms with van der Waals surface area (Å²) in [6.07, 6.45) is 17.0. The van der Waals surface area contributed by atoms with E-state index in [0.717, 1.165) is 31.4 Å². The van der Waals surface area contributed by atoms with E-state index in [1.54, 1.807) is 6.92 Å². The lowest BCUT2D eigenvalue weighted by molar-refractivity contribution is -0.148. The standard InChI is InChI=1S/C25H51O6PS/c1-5-8-10-12-13-14-16-18-21-33-23(19-17-15-11-9-6-2)22(4)31-25(24(26)27)32(28,29)30-20-7-3/h22-23,25H,5-21H2,1-4H3,(H,26,27)(H,28,29). The minimum absolute atomic E-state index is 0.0311. The maximum absolute atomic E-state index is 12.5. The van der Waals surface area contributed by atoms with Crippen LogP contribution in [0.3, 0.4) is 0 Å². The van der Waals surface area contributed by atoms with E-state index in [4.69, 9.17) is 9.26 Å². The van der Waals surface area contributed by atoms with Crippen molar-refractivity contribution in [3.8, 4) is 0 Å². The van der Waals surface area contributed by atoms with Gasteiger partial charge in [0.1, 0.15) is 0 Å². The molecule has 0 amide bonds. The Hall–Kier alpha value is -0.0700. The van der Waals surface area contributed by atoms with E-state index in [9.17, 15) is 19.4 Å². The Kier molecular flexibility index (Phi) is 21.2. The molecule has 0 rings (SSSR count). The lowest BCUT2D eigenvalue weighted by Crippen LogP contribution is -2.34. The van der Waals surface area contributed by atoms with Crippen LogP contribution >= 0.6 is 19.4 Å². The van der Waals surface area contributed by atoms with Gasteiger partial charge in [0.25, 0.3) is 5.85 Å². The number of ether oxygens (including phenoxy) is 1. The van der Waals surface area contributed by atoms with Gasteiger partial charge in [-0.2, -0.15) is 11.8 Å². The fraction of sp³-hybridized carbons (Fsp3) is 0.960. The topological polar surface area (TPSA) is 93.1 Å².